The van der Waals surface area contributed by atoms with Crippen LogP contribution < -0.4 is 20.1 Å². The minimum absolute atomic E-state index is 0.615. The first-order valence-corrected chi connectivity index (χ1v) is 8.64. The largest absolute Gasteiger partial charge is 0.486 e. The van der Waals surface area contributed by atoms with Gasteiger partial charge in [0.1, 0.15) is 13.2 Å². The smallest absolute Gasteiger partial charge is 0.191 e. The Morgan fingerprint density at radius 2 is 1.84 bits per heavy atom. The van der Waals surface area contributed by atoms with Gasteiger partial charge in [-0.3, -0.25) is 4.99 Å². The Bertz CT molecular complexity index is 743. The van der Waals surface area contributed by atoms with Gasteiger partial charge in [0.25, 0.3) is 0 Å². The summed E-state index contributed by atoms with van der Waals surface area (Å²) in [6, 6.07) is 14.5. The van der Waals surface area contributed by atoms with Gasteiger partial charge in [0, 0.05) is 20.1 Å². The number of nitrogens with zero attached hydrogens (tertiary/aromatic N) is 1. The number of ether oxygens (including phenoxy) is 2. The highest BCUT2D eigenvalue weighted by Crippen LogP contribution is 2.30. The van der Waals surface area contributed by atoms with Crippen LogP contribution in [0.1, 0.15) is 16.7 Å². The Labute approximate surface area is 149 Å². The van der Waals surface area contributed by atoms with Gasteiger partial charge in [-0.1, -0.05) is 30.3 Å². The van der Waals surface area contributed by atoms with Gasteiger partial charge in [-0.25, -0.2) is 0 Å². The average molecular weight is 339 g/mol. The van der Waals surface area contributed by atoms with E-state index in [-0.39, 0.29) is 0 Å². The lowest BCUT2D eigenvalue weighted by molar-refractivity contribution is 0.171. The van der Waals surface area contributed by atoms with Crippen molar-refractivity contribution in [3.05, 3.63) is 59.2 Å². The molecule has 2 N–H and O–H groups in total. The summed E-state index contributed by atoms with van der Waals surface area (Å²) in [6.07, 6.45) is 0.891. The first kappa shape index (κ1) is 17.1. The molecule has 0 radical (unpaired) electrons. The van der Waals surface area contributed by atoms with E-state index in [9.17, 15) is 0 Å². The van der Waals surface area contributed by atoms with Gasteiger partial charge >= 0.3 is 0 Å². The van der Waals surface area contributed by atoms with Crippen molar-refractivity contribution in [1.82, 2.24) is 10.6 Å². The highest BCUT2D eigenvalue weighted by atomic mass is 16.6. The van der Waals surface area contributed by atoms with Crippen molar-refractivity contribution in [3.63, 3.8) is 0 Å². The molecule has 0 saturated heterocycles. The summed E-state index contributed by atoms with van der Waals surface area (Å²) in [5.41, 5.74) is 3.77. The summed E-state index contributed by atoms with van der Waals surface area (Å²) in [7, 11) is 1.79. The van der Waals surface area contributed by atoms with Crippen LogP contribution in [0.3, 0.4) is 0 Å². The second kappa shape index (κ2) is 8.42. The summed E-state index contributed by atoms with van der Waals surface area (Å²) < 4.78 is 11.2. The van der Waals surface area contributed by atoms with Gasteiger partial charge in [0.2, 0.25) is 0 Å². The molecule has 132 valence electrons. The molecule has 0 unspecified atom stereocenters. The maximum Gasteiger partial charge on any atom is 0.191 e. The van der Waals surface area contributed by atoms with Crippen LogP contribution >= 0.6 is 0 Å². The molecule has 5 nitrogen and oxygen atoms in total. The highest BCUT2D eigenvalue weighted by molar-refractivity contribution is 5.79. The van der Waals surface area contributed by atoms with Crippen LogP contribution in [-0.4, -0.2) is 32.8 Å². The SMILES string of the molecule is CN=C(NCCc1ccc2c(c1)OCCO2)NCc1ccccc1C. The molecule has 0 fully saturated rings. The van der Waals surface area contributed by atoms with E-state index in [4.69, 9.17) is 9.47 Å². The number of nitrogens with one attached hydrogen (secondary N) is 2. The Morgan fingerprint density at radius 1 is 1.04 bits per heavy atom. The Morgan fingerprint density at radius 3 is 2.64 bits per heavy atom. The molecule has 0 amide bonds. The number of fused-ring (bicyclic) bond motifs is 1. The second-order valence-corrected chi connectivity index (χ2v) is 6.01. The molecular weight excluding hydrogens is 314 g/mol. The maximum absolute atomic E-state index is 5.63. The van der Waals surface area contributed by atoms with Crippen LogP contribution in [0.25, 0.3) is 0 Å². The fourth-order valence-corrected chi connectivity index (χ4v) is 2.78. The Hall–Kier alpha value is -2.69. The molecular formula is C20H25N3O2. The fourth-order valence-electron chi connectivity index (χ4n) is 2.78. The summed E-state index contributed by atoms with van der Waals surface area (Å²) in [6.45, 7) is 4.92. The molecule has 0 bridgehead atoms. The monoisotopic (exact) mass is 339 g/mol. The zero-order valence-corrected chi connectivity index (χ0v) is 14.8. The van der Waals surface area contributed by atoms with E-state index in [0.29, 0.717) is 13.2 Å². The molecule has 0 spiro atoms. The van der Waals surface area contributed by atoms with E-state index in [1.807, 2.05) is 6.07 Å². The molecule has 1 aliphatic rings. The molecule has 25 heavy (non-hydrogen) atoms. The topological polar surface area (TPSA) is 54.9 Å². The van der Waals surface area contributed by atoms with Crippen molar-refractivity contribution >= 4 is 5.96 Å². The third kappa shape index (κ3) is 4.66. The number of benzene rings is 2. The zero-order valence-electron chi connectivity index (χ0n) is 14.8. The summed E-state index contributed by atoms with van der Waals surface area (Å²) in [4.78, 5) is 4.28. The molecule has 0 atom stereocenters. The number of aliphatic imine (C=N–C) groups is 1. The van der Waals surface area contributed by atoms with E-state index < -0.39 is 0 Å². The first-order valence-electron chi connectivity index (χ1n) is 8.64. The van der Waals surface area contributed by atoms with Crippen LogP contribution in [0, 0.1) is 6.92 Å². The van der Waals surface area contributed by atoms with Gasteiger partial charge in [0.05, 0.1) is 0 Å². The third-order valence-corrected chi connectivity index (χ3v) is 4.24. The Balaban J connectivity index is 1.48. The number of rotatable bonds is 5. The summed E-state index contributed by atoms with van der Waals surface area (Å²) >= 11 is 0. The molecule has 3 rings (SSSR count). The lowest BCUT2D eigenvalue weighted by atomic mass is 10.1. The normalized spacial score (nSPS) is 13.4. The molecule has 5 heteroatoms. The number of aryl methyl sites for hydroxylation is 1. The van der Waals surface area contributed by atoms with Crippen LogP contribution in [0.5, 0.6) is 11.5 Å². The van der Waals surface area contributed by atoms with E-state index in [1.54, 1.807) is 7.05 Å². The van der Waals surface area contributed by atoms with Crippen molar-refractivity contribution < 1.29 is 9.47 Å². The minimum Gasteiger partial charge on any atom is -0.486 e. The van der Waals surface area contributed by atoms with Gasteiger partial charge < -0.3 is 20.1 Å². The molecule has 0 aromatic heterocycles. The van der Waals surface area contributed by atoms with Crippen molar-refractivity contribution in [2.45, 2.75) is 19.9 Å². The summed E-state index contributed by atoms with van der Waals surface area (Å²) in [5.74, 6) is 2.48. The van der Waals surface area contributed by atoms with E-state index in [0.717, 1.165) is 37.0 Å². The second-order valence-electron chi connectivity index (χ2n) is 6.01. The molecule has 2 aromatic rings. The summed E-state index contributed by atoms with van der Waals surface area (Å²) in [5, 5.41) is 6.71. The number of guanidine groups is 1. The van der Waals surface area contributed by atoms with Crippen LogP contribution in [0.4, 0.5) is 0 Å². The van der Waals surface area contributed by atoms with Crippen LogP contribution in [-0.2, 0) is 13.0 Å². The predicted molar refractivity (Wildman–Crippen MR) is 101 cm³/mol. The maximum atomic E-state index is 5.63. The number of hydrogen-bond donors (Lipinski definition) is 2. The van der Waals surface area contributed by atoms with Gasteiger partial charge in [-0.05, 0) is 42.2 Å². The number of hydrogen-bond acceptors (Lipinski definition) is 3. The van der Waals surface area contributed by atoms with Gasteiger partial charge in [0.15, 0.2) is 17.5 Å². The van der Waals surface area contributed by atoms with Crippen molar-refractivity contribution in [3.8, 4) is 11.5 Å². The van der Waals surface area contributed by atoms with E-state index in [1.165, 1.54) is 16.7 Å². The van der Waals surface area contributed by atoms with Crippen molar-refractivity contribution in [2.75, 3.05) is 26.8 Å². The van der Waals surface area contributed by atoms with Crippen LogP contribution in [0.2, 0.25) is 0 Å². The lowest BCUT2D eigenvalue weighted by Gasteiger charge is -2.19. The average Bonchev–Trinajstić information content (AvgIpc) is 2.65. The standard InChI is InChI=1S/C20H25N3O2/c1-15-5-3-4-6-17(15)14-23-20(21-2)22-10-9-16-7-8-18-19(13-16)25-12-11-24-18/h3-8,13H,9-12,14H2,1-2H3,(H2,21,22,23). The molecule has 2 aromatic carbocycles. The molecule has 1 aliphatic heterocycles. The van der Waals surface area contributed by atoms with E-state index in [2.05, 4.69) is 58.9 Å². The van der Waals surface area contributed by atoms with Crippen molar-refractivity contribution in [2.24, 2.45) is 4.99 Å². The van der Waals surface area contributed by atoms with Crippen molar-refractivity contribution in [1.29, 1.82) is 0 Å². The van der Waals surface area contributed by atoms with E-state index >= 15 is 0 Å². The lowest BCUT2D eigenvalue weighted by Crippen LogP contribution is -2.38. The third-order valence-electron chi connectivity index (χ3n) is 4.24. The molecule has 0 aliphatic carbocycles. The molecule has 0 saturated carbocycles. The van der Waals surface area contributed by atoms with Gasteiger partial charge in [-0.2, -0.15) is 0 Å². The highest BCUT2D eigenvalue weighted by Gasteiger charge is 2.11. The zero-order chi connectivity index (χ0) is 17.5. The Kier molecular flexibility index (Phi) is 5.77. The predicted octanol–water partition coefficient (Wildman–Crippen LogP) is 2.67. The fraction of sp³-hybridized carbons (Fsp3) is 0.350. The van der Waals surface area contributed by atoms with Crippen LogP contribution in [0.15, 0.2) is 47.5 Å². The van der Waals surface area contributed by atoms with Gasteiger partial charge in [-0.15, -0.1) is 0 Å². The molecule has 1 heterocycles. The minimum atomic E-state index is 0.615. The quantitative estimate of drug-likeness (QED) is 0.650. The first-order chi connectivity index (χ1) is 12.3.